The molecule has 2 rings (SSSR count). The largest absolute Gasteiger partial charge is 0.401 e. The maximum Gasteiger partial charge on any atom is 0.401 e. The van der Waals surface area contributed by atoms with E-state index in [9.17, 15) is 13.2 Å². The highest BCUT2D eigenvalue weighted by Gasteiger charge is 2.34. The number of rotatable bonds is 8. The lowest BCUT2D eigenvalue weighted by Gasteiger charge is -2.35. The molecule has 1 unspecified atom stereocenters. The van der Waals surface area contributed by atoms with E-state index in [2.05, 4.69) is 16.5 Å². The molecule has 0 saturated carbocycles. The van der Waals surface area contributed by atoms with Gasteiger partial charge in [-0.1, -0.05) is 6.92 Å². The third kappa shape index (κ3) is 7.30. The van der Waals surface area contributed by atoms with Crippen molar-refractivity contribution >= 4 is 17.7 Å². The van der Waals surface area contributed by atoms with Gasteiger partial charge in [-0.2, -0.15) is 24.9 Å². The second kappa shape index (κ2) is 10.9. The standard InChI is InChI=1S/C19H35F3N4OS/c1-4-23-17(24-14-18(28-3)7-10-27-11-8-18)26-9-6-16(13-26)12-25(5-2)15-19(20,21)22/h16H,4-15H2,1-3H3,(H,23,24). The number of likely N-dealkylation sites (tertiary alicyclic amines) is 1. The van der Waals surface area contributed by atoms with Gasteiger partial charge >= 0.3 is 6.18 Å². The van der Waals surface area contributed by atoms with Crippen LogP contribution in [0.3, 0.4) is 0 Å². The first kappa shape index (κ1) is 23.6. The molecule has 9 heteroatoms. The number of hydrogen-bond donors (Lipinski definition) is 1. The normalized spacial score (nSPS) is 23.5. The fraction of sp³-hybridized carbons (Fsp3) is 0.947. The number of halogens is 3. The Bertz CT molecular complexity index is 498. The number of nitrogens with one attached hydrogen (secondary N) is 1. The third-order valence-electron chi connectivity index (χ3n) is 5.64. The minimum atomic E-state index is -4.14. The lowest BCUT2D eigenvalue weighted by molar-refractivity contribution is -0.146. The Morgan fingerprint density at radius 1 is 1.32 bits per heavy atom. The zero-order chi connectivity index (χ0) is 20.6. The Kier molecular flexibility index (Phi) is 9.21. The quantitative estimate of drug-likeness (QED) is 0.479. The molecule has 164 valence electrons. The zero-order valence-corrected chi connectivity index (χ0v) is 18.2. The van der Waals surface area contributed by atoms with Gasteiger partial charge in [0.2, 0.25) is 0 Å². The second-order valence-corrected chi connectivity index (χ2v) is 8.99. The number of aliphatic imine (C=N–C) groups is 1. The Balaban J connectivity index is 1.95. The number of guanidine groups is 1. The fourth-order valence-corrected chi connectivity index (χ4v) is 4.68. The summed E-state index contributed by atoms with van der Waals surface area (Å²) in [5, 5.41) is 3.37. The molecule has 28 heavy (non-hydrogen) atoms. The average Bonchev–Trinajstić information content (AvgIpc) is 3.12. The lowest BCUT2D eigenvalue weighted by atomic mass is 9.99. The molecular weight excluding hydrogens is 389 g/mol. The van der Waals surface area contributed by atoms with E-state index < -0.39 is 12.7 Å². The Morgan fingerprint density at radius 2 is 2.04 bits per heavy atom. The Morgan fingerprint density at radius 3 is 2.61 bits per heavy atom. The van der Waals surface area contributed by atoms with E-state index in [1.165, 1.54) is 4.90 Å². The SMILES string of the molecule is CCNC(=NCC1(SC)CCOCC1)N1CCC(CN(CC)CC(F)(F)F)C1. The second-order valence-electron chi connectivity index (χ2n) is 7.71. The van der Waals surface area contributed by atoms with Gasteiger partial charge in [-0.25, -0.2) is 0 Å². The van der Waals surface area contributed by atoms with Gasteiger partial charge in [0.1, 0.15) is 0 Å². The Labute approximate surface area is 171 Å². The van der Waals surface area contributed by atoms with Crippen LogP contribution in [0.4, 0.5) is 13.2 Å². The molecule has 1 N–H and O–H groups in total. The van der Waals surface area contributed by atoms with Crippen molar-refractivity contribution in [3.05, 3.63) is 0 Å². The molecule has 0 amide bonds. The number of thioether (sulfide) groups is 1. The monoisotopic (exact) mass is 424 g/mol. The maximum absolute atomic E-state index is 12.7. The molecule has 2 fully saturated rings. The lowest BCUT2D eigenvalue weighted by Crippen LogP contribution is -2.43. The minimum Gasteiger partial charge on any atom is -0.381 e. The molecule has 0 aromatic heterocycles. The van der Waals surface area contributed by atoms with Gasteiger partial charge < -0.3 is 15.0 Å². The highest BCUT2D eigenvalue weighted by molar-refractivity contribution is 8.00. The predicted molar refractivity (Wildman–Crippen MR) is 110 cm³/mol. The molecule has 0 aromatic rings. The van der Waals surface area contributed by atoms with Gasteiger partial charge in [0.15, 0.2) is 5.96 Å². The van der Waals surface area contributed by atoms with Crippen molar-refractivity contribution < 1.29 is 17.9 Å². The van der Waals surface area contributed by atoms with Crippen LogP contribution in [0.15, 0.2) is 4.99 Å². The van der Waals surface area contributed by atoms with Crippen molar-refractivity contribution in [2.45, 2.75) is 44.0 Å². The summed E-state index contributed by atoms with van der Waals surface area (Å²) in [7, 11) is 0. The van der Waals surface area contributed by atoms with Crippen molar-refractivity contribution in [1.29, 1.82) is 0 Å². The van der Waals surface area contributed by atoms with Gasteiger partial charge in [-0.15, -0.1) is 0 Å². The third-order valence-corrected chi connectivity index (χ3v) is 7.04. The van der Waals surface area contributed by atoms with Crippen molar-refractivity contribution in [3.8, 4) is 0 Å². The summed E-state index contributed by atoms with van der Waals surface area (Å²) in [5.74, 6) is 1.13. The summed E-state index contributed by atoms with van der Waals surface area (Å²) < 4.78 is 43.8. The van der Waals surface area contributed by atoms with Gasteiger partial charge in [0.25, 0.3) is 0 Å². The smallest absolute Gasteiger partial charge is 0.381 e. The summed E-state index contributed by atoms with van der Waals surface area (Å²) in [4.78, 5) is 8.63. The van der Waals surface area contributed by atoms with Crippen LogP contribution in [0.5, 0.6) is 0 Å². The van der Waals surface area contributed by atoms with Crippen LogP contribution in [-0.4, -0.2) is 92.0 Å². The van der Waals surface area contributed by atoms with Crippen LogP contribution in [-0.2, 0) is 4.74 Å². The molecule has 0 aliphatic carbocycles. The highest BCUT2D eigenvalue weighted by Crippen LogP contribution is 2.34. The van der Waals surface area contributed by atoms with Crippen LogP contribution in [0.1, 0.15) is 33.1 Å². The zero-order valence-electron chi connectivity index (χ0n) is 17.4. The first-order chi connectivity index (χ1) is 13.3. The van der Waals surface area contributed by atoms with E-state index in [1.54, 1.807) is 6.92 Å². The number of ether oxygens (including phenoxy) is 1. The molecule has 1 atom stereocenters. The molecule has 0 radical (unpaired) electrons. The summed E-state index contributed by atoms with van der Waals surface area (Å²) in [6.07, 6.45) is 0.908. The molecule has 2 aliphatic rings. The number of hydrogen-bond acceptors (Lipinski definition) is 4. The summed E-state index contributed by atoms with van der Waals surface area (Å²) in [5.41, 5.74) is 0. The van der Waals surface area contributed by atoms with Gasteiger partial charge in [-0.05, 0) is 44.9 Å². The molecule has 0 bridgehead atoms. The van der Waals surface area contributed by atoms with E-state index in [-0.39, 0.29) is 10.7 Å². The van der Waals surface area contributed by atoms with Crippen LogP contribution in [0.2, 0.25) is 0 Å². The summed E-state index contributed by atoms with van der Waals surface area (Å²) in [6, 6.07) is 0. The van der Waals surface area contributed by atoms with Crippen molar-refractivity contribution in [2.75, 3.05) is 65.3 Å². The van der Waals surface area contributed by atoms with Crippen LogP contribution < -0.4 is 5.32 Å². The first-order valence-electron chi connectivity index (χ1n) is 10.3. The van der Waals surface area contributed by atoms with E-state index in [0.717, 1.165) is 64.6 Å². The predicted octanol–water partition coefficient (Wildman–Crippen LogP) is 3.07. The van der Waals surface area contributed by atoms with Gasteiger partial charge in [-0.3, -0.25) is 9.89 Å². The van der Waals surface area contributed by atoms with Gasteiger partial charge in [0, 0.05) is 44.1 Å². The van der Waals surface area contributed by atoms with Gasteiger partial charge in [0.05, 0.1) is 13.1 Å². The molecule has 5 nitrogen and oxygen atoms in total. The van der Waals surface area contributed by atoms with Crippen molar-refractivity contribution in [1.82, 2.24) is 15.1 Å². The molecule has 2 saturated heterocycles. The molecule has 2 aliphatic heterocycles. The molecule has 0 aromatic carbocycles. The maximum atomic E-state index is 12.7. The molecule has 2 heterocycles. The molecular formula is C19H35F3N4OS. The highest BCUT2D eigenvalue weighted by atomic mass is 32.2. The van der Waals surface area contributed by atoms with E-state index in [0.29, 0.717) is 13.1 Å². The molecule has 0 spiro atoms. The Hall–Kier alpha value is -0.670. The van der Waals surface area contributed by atoms with Crippen LogP contribution in [0.25, 0.3) is 0 Å². The van der Waals surface area contributed by atoms with Crippen molar-refractivity contribution in [2.24, 2.45) is 10.9 Å². The van der Waals surface area contributed by atoms with E-state index in [4.69, 9.17) is 9.73 Å². The van der Waals surface area contributed by atoms with Crippen LogP contribution >= 0.6 is 11.8 Å². The summed E-state index contributed by atoms with van der Waals surface area (Å²) >= 11 is 1.87. The minimum absolute atomic E-state index is 0.129. The number of alkyl halides is 3. The first-order valence-corrected chi connectivity index (χ1v) is 11.5. The number of nitrogens with zero attached hydrogens (tertiary/aromatic N) is 3. The average molecular weight is 425 g/mol. The topological polar surface area (TPSA) is 40.1 Å². The van der Waals surface area contributed by atoms with Crippen molar-refractivity contribution in [3.63, 3.8) is 0 Å². The van der Waals surface area contributed by atoms with E-state index in [1.807, 2.05) is 18.7 Å². The van der Waals surface area contributed by atoms with E-state index >= 15 is 0 Å². The summed E-state index contributed by atoms with van der Waals surface area (Å²) in [6.45, 7) is 8.61. The fourth-order valence-electron chi connectivity index (χ4n) is 3.91. The van der Waals surface area contributed by atoms with Crippen LogP contribution in [0, 0.1) is 5.92 Å².